The van der Waals surface area contributed by atoms with Gasteiger partial charge in [-0.2, -0.15) is 0 Å². The van der Waals surface area contributed by atoms with Gasteiger partial charge in [0.15, 0.2) is 0 Å². The molecule has 1 unspecified atom stereocenters. The Morgan fingerprint density at radius 3 is 2.96 bits per heavy atom. The zero-order chi connectivity index (χ0) is 17.0. The van der Waals surface area contributed by atoms with Gasteiger partial charge >= 0.3 is 0 Å². The number of aryl methyl sites for hydroxylation is 1. The van der Waals surface area contributed by atoms with Crippen LogP contribution in [0.2, 0.25) is 0 Å². The number of benzene rings is 1. The fraction of sp³-hybridized carbons (Fsp3) is 0.650. The molecule has 132 valence electrons. The highest BCUT2D eigenvalue weighted by Crippen LogP contribution is 2.44. The molecule has 1 N–H and O–H groups in total. The highest BCUT2D eigenvalue weighted by Gasteiger charge is 2.40. The molecule has 2 fully saturated rings. The minimum Gasteiger partial charge on any atom is -0.497 e. The number of aliphatic hydroxyl groups is 1. The van der Waals surface area contributed by atoms with Crippen LogP contribution in [-0.2, 0) is 11.2 Å². The van der Waals surface area contributed by atoms with E-state index in [1.54, 1.807) is 7.11 Å². The summed E-state index contributed by atoms with van der Waals surface area (Å²) >= 11 is 0. The summed E-state index contributed by atoms with van der Waals surface area (Å²) in [4.78, 5) is 14.6. The van der Waals surface area contributed by atoms with Crippen molar-refractivity contribution in [2.45, 2.75) is 44.9 Å². The fourth-order valence-electron chi connectivity index (χ4n) is 3.95. The third kappa shape index (κ3) is 4.29. The van der Waals surface area contributed by atoms with Crippen LogP contribution in [0.1, 0.15) is 44.1 Å². The summed E-state index contributed by atoms with van der Waals surface area (Å²) in [6, 6.07) is 7.92. The number of aliphatic hydroxyl groups excluding tert-OH is 1. The predicted octanol–water partition coefficient (Wildman–Crippen LogP) is 3.03. The molecular formula is C20H29NO3. The van der Waals surface area contributed by atoms with Gasteiger partial charge in [0.2, 0.25) is 5.91 Å². The number of nitrogens with zero attached hydrogens (tertiary/aromatic N) is 1. The molecule has 2 aliphatic rings. The smallest absolute Gasteiger partial charge is 0.222 e. The van der Waals surface area contributed by atoms with E-state index in [-0.39, 0.29) is 17.9 Å². The Morgan fingerprint density at radius 1 is 1.42 bits per heavy atom. The maximum absolute atomic E-state index is 12.6. The van der Waals surface area contributed by atoms with Crippen LogP contribution >= 0.6 is 0 Å². The normalized spacial score (nSPS) is 24.0. The highest BCUT2D eigenvalue weighted by molar-refractivity contribution is 5.76. The van der Waals surface area contributed by atoms with E-state index in [1.165, 1.54) is 12.8 Å². The van der Waals surface area contributed by atoms with Crippen molar-refractivity contribution < 1.29 is 14.6 Å². The number of rotatable bonds is 7. The molecule has 0 spiro atoms. The molecule has 24 heavy (non-hydrogen) atoms. The molecule has 0 radical (unpaired) electrons. The van der Waals surface area contributed by atoms with Gasteiger partial charge in [-0.3, -0.25) is 4.79 Å². The second-order valence-corrected chi connectivity index (χ2v) is 7.58. The first-order chi connectivity index (χ1) is 11.6. The second kappa shape index (κ2) is 7.56. The zero-order valence-corrected chi connectivity index (χ0v) is 14.7. The van der Waals surface area contributed by atoms with Crippen LogP contribution in [0.25, 0.3) is 0 Å². The van der Waals surface area contributed by atoms with E-state index in [4.69, 9.17) is 4.74 Å². The molecule has 1 amide bonds. The predicted molar refractivity (Wildman–Crippen MR) is 94.0 cm³/mol. The van der Waals surface area contributed by atoms with Gasteiger partial charge in [-0.05, 0) is 49.3 Å². The largest absolute Gasteiger partial charge is 0.497 e. The van der Waals surface area contributed by atoms with Gasteiger partial charge in [0.1, 0.15) is 5.75 Å². The van der Waals surface area contributed by atoms with Gasteiger partial charge < -0.3 is 14.7 Å². The van der Waals surface area contributed by atoms with Gasteiger partial charge in [-0.15, -0.1) is 0 Å². The summed E-state index contributed by atoms with van der Waals surface area (Å²) in [5, 5.41) is 9.93. The molecule has 1 saturated heterocycles. The van der Waals surface area contributed by atoms with Crippen molar-refractivity contribution in [1.82, 2.24) is 4.90 Å². The fourth-order valence-corrected chi connectivity index (χ4v) is 3.95. The molecule has 1 heterocycles. The van der Waals surface area contributed by atoms with E-state index in [1.807, 2.05) is 29.2 Å². The van der Waals surface area contributed by atoms with Crippen molar-refractivity contribution in [2.75, 3.05) is 26.8 Å². The molecule has 0 bridgehead atoms. The Hall–Kier alpha value is -1.55. The molecule has 0 aromatic heterocycles. The Morgan fingerprint density at radius 2 is 2.25 bits per heavy atom. The number of likely N-dealkylation sites (tertiary alicyclic amines) is 1. The Labute approximate surface area is 144 Å². The number of carbonyl (C=O) groups excluding carboxylic acids is 1. The van der Waals surface area contributed by atoms with Crippen LogP contribution < -0.4 is 4.74 Å². The van der Waals surface area contributed by atoms with Gasteiger partial charge in [-0.1, -0.05) is 25.0 Å². The first-order valence-electron chi connectivity index (χ1n) is 9.16. The van der Waals surface area contributed by atoms with Crippen LogP contribution in [0.15, 0.2) is 24.3 Å². The average Bonchev–Trinajstić information content (AvgIpc) is 3.43. The minimum absolute atomic E-state index is 0.0506. The lowest BCUT2D eigenvalue weighted by Gasteiger charge is -2.42. The zero-order valence-electron chi connectivity index (χ0n) is 14.7. The van der Waals surface area contributed by atoms with Crippen molar-refractivity contribution in [3.63, 3.8) is 0 Å². The van der Waals surface area contributed by atoms with Crippen molar-refractivity contribution in [1.29, 1.82) is 0 Å². The number of carbonyl (C=O) groups is 1. The van der Waals surface area contributed by atoms with Crippen molar-refractivity contribution >= 4 is 5.91 Å². The van der Waals surface area contributed by atoms with Crippen LogP contribution in [0.3, 0.4) is 0 Å². The molecule has 1 aliphatic carbocycles. The third-order valence-electron chi connectivity index (χ3n) is 5.53. The summed E-state index contributed by atoms with van der Waals surface area (Å²) in [5.74, 6) is 1.83. The first kappa shape index (κ1) is 17.3. The number of methoxy groups -OCH3 is 1. The molecule has 4 heteroatoms. The Kier molecular flexibility index (Phi) is 5.44. The summed E-state index contributed by atoms with van der Waals surface area (Å²) in [5.41, 5.74) is 1.08. The quantitative estimate of drug-likeness (QED) is 0.835. The first-order valence-corrected chi connectivity index (χ1v) is 9.16. The van der Waals surface area contributed by atoms with E-state index >= 15 is 0 Å². The monoisotopic (exact) mass is 331 g/mol. The maximum Gasteiger partial charge on any atom is 0.222 e. The minimum atomic E-state index is -0.0506. The SMILES string of the molecule is COc1cccc(CCC(=O)N2CCCC(CO)(CC3CC3)C2)c1. The second-order valence-electron chi connectivity index (χ2n) is 7.58. The number of piperidine rings is 1. The van der Waals surface area contributed by atoms with Crippen LogP contribution in [0.5, 0.6) is 5.75 Å². The molecule has 4 nitrogen and oxygen atoms in total. The summed E-state index contributed by atoms with van der Waals surface area (Å²) < 4.78 is 5.24. The highest BCUT2D eigenvalue weighted by atomic mass is 16.5. The Bertz CT molecular complexity index is 570. The average molecular weight is 331 g/mol. The molecule has 1 aliphatic heterocycles. The molecule has 1 atom stereocenters. The number of ether oxygens (including phenoxy) is 1. The lowest BCUT2D eigenvalue weighted by atomic mass is 9.76. The van der Waals surface area contributed by atoms with Crippen LogP contribution in [-0.4, -0.2) is 42.7 Å². The molecular weight excluding hydrogens is 302 g/mol. The van der Waals surface area contributed by atoms with Gasteiger partial charge in [0, 0.05) is 24.9 Å². The van der Waals surface area contributed by atoms with E-state index < -0.39 is 0 Å². The topological polar surface area (TPSA) is 49.8 Å². The molecule has 1 saturated carbocycles. The van der Waals surface area contributed by atoms with E-state index in [2.05, 4.69) is 0 Å². The van der Waals surface area contributed by atoms with Crippen molar-refractivity contribution in [2.24, 2.45) is 11.3 Å². The van der Waals surface area contributed by atoms with E-state index in [0.717, 1.165) is 56.0 Å². The standard InChI is InChI=1S/C20H29NO3/c1-24-18-5-2-4-16(12-18)8-9-19(23)21-11-3-10-20(14-21,15-22)13-17-6-7-17/h2,4-5,12,17,22H,3,6-11,13-15H2,1H3. The number of amides is 1. The van der Waals surface area contributed by atoms with Crippen molar-refractivity contribution in [3.05, 3.63) is 29.8 Å². The number of hydrogen-bond acceptors (Lipinski definition) is 3. The van der Waals surface area contributed by atoms with Crippen LogP contribution in [0, 0.1) is 11.3 Å². The van der Waals surface area contributed by atoms with Gasteiger partial charge in [0.25, 0.3) is 0 Å². The molecule has 1 aromatic carbocycles. The lowest BCUT2D eigenvalue weighted by molar-refractivity contribution is -0.135. The summed E-state index contributed by atoms with van der Waals surface area (Å²) in [6.07, 6.45) is 7.01. The van der Waals surface area contributed by atoms with E-state index in [0.29, 0.717) is 6.42 Å². The van der Waals surface area contributed by atoms with Gasteiger partial charge in [0.05, 0.1) is 13.7 Å². The van der Waals surface area contributed by atoms with Crippen LogP contribution in [0.4, 0.5) is 0 Å². The summed E-state index contributed by atoms with van der Waals surface area (Å²) in [7, 11) is 1.66. The Balaban J connectivity index is 1.55. The summed E-state index contributed by atoms with van der Waals surface area (Å²) in [6.45, 7) is 1.78. The van der Waals surface area contributed by atoms with E-state index in [9.17, 15) is 9.90 Å². The third-order valence-corrected chi connectivity index (χ3v) is 5.53. The van der Waals surface area contributed by atoms with Crippen molar-refractivity contribution in [3.8, 4) is 5.75 Å². The van der Waals surface area contributed by atoms with Gasteiger partial charge in [-0.25, -0.2) is 0 Å². The maximum atomic E-state index is 12.6. The molecule has 3 rings (SSSR count). The number of hydrogen-bond donors (Lipinski definition) is 1. The molecule has 1 aromatic rings. The lowest BCUT2D eigenvalue weighted by Crippen LogP contribution is -2.48.